The molecule has 1 aromatic heterocycles. The Labute approximate surface area is 147 Å². The van der Waals surface area contributed by atoms with Gasteiger partial charge in [-0.3, -0.25) is 0 Å². The van der Waals surface area contributed by atoms with Crippen molar-refractivity contribution in [1.82, 2.24) is 4.57 Å². The van der Waals surface area contributed by atoms with Crippen LogP contribution in [0.5, 0.6) is 5.75 Å². The van der Waals surface area contributed by atoms with Gasteiger partial charge in [-0.25, -0.2) is 4.79 Å². The Morgan fingerprint density at radius 3 is 2.64 bits per heavy atom. The number of rotatable bonds is 5. The lowest BCUT2D eigenvalue weighted by Gasteiger charge is -2.16. The van der Waals surface area contributed by atoms with Crippen molar-refractivity contribution in [2.75, 3.05) is 6.61 Å². The zero-order valence-electron chi connectivity index (χ0n) is 14.8. The van der Waals surface area contributed by atoms with Crippen LogP contribution in [0.3, 0.4) is 0 Å². The predicted octanol–water partition coefficient (Wildman–Crippen LogP) is 4.42. The fourth-order valence-electron chi connectivity index (χ4n) is 3.37. The van der Waals surface area contributed by atoms with Crippen LogP contribution in [0.25, 0.3) is 10.9 Å². The highest BCUT2D eigenvalue weighted by molar-refractivity contribution is 6.06. The van der Waals surface area contributed by atoms with Gasteiger partial charge in [0.2, 0.25) is 0 Å². The van der Waals surface area contributed by atoms with Crippen molar-refractivity contribution < 1.29 is 14.6 Å². The summed E-state index contributed by atoms with van der Waals surface area (Å²) in [6.07, 6.45) is 0.631. The van der Waals surface area contributed by atoms with Gasteiger partial charge < -0.3 is 14.4 Å². The Hall–Kier alpha value is -2.59. The number of esters is 1. The molecule has 0 amide bonds. The zero-order valence-corrected chi connectivity index (χ0v) is 14.8. The van der Waals surface area contributed by atoms with Gasteiger partial charge in [0, 0.05) is 29.2 Å². The molecule has 0 aliphatic heterocycles. The number of para-hydroxylation sites is 1. The second-order valence-corrected chi connectivity index (χ2v) is 6.41. The van der Waals surface area contributed by atoms with E-state index >= 15 is 0 Å². The predicted molar refractivity (Wildman–Crippen MR) is 99.2 cm³/mol. The molecule has 0 bridgehead atoms. The van der Waals surface area contributed by atoms with Gasteiger partial charge in [-0.1, -0.05) is 30.3 Å². The normalized spacial score (nSPS) is 12.3. The fourth-order valence-corrected chi connectivity index (χ4v) is 3.37. The van der Waals surface area contributed by atoms with E-state index in [1.807, 2.05) is 63.2 Å². The van der Waals surface area contributed by atoms with Gasteiger partial charge in [-0.2, -0.15) is 0 Å². The molecule has 0 aliphatic carbocycles. The summed E-state index contributed by atoms with van der Waals surface area (Å²) in [6.45, 7) is 6.05. The third kappa shape index (κ3) is 3.30. The van der Waals surface area contributed by atoms with Crippen LogP contribution in [0, 0.1) is 13.8 Å². The molecule has 1 unspecified atom stereocenters. The molecular formula is C21H23NO3. The third-order valence-electron chi connectivity index (χ3n) is 4.55. The van der Waals surface area contributed by atoms with Crippen LogP contribution in [-0.2, 0) is 0 Å². The lowest BCUT2D eigenvalue weighted by atomic mass is 10.1. The lowest BCUT2D eigenvalue weighted by Crippen LogP contribution is -2.13. The van der Waals surface area contributed by atoms with Gasteiger partial charge in [0.15, 0.2) is 0 Å². The largest absolute Gasteiger partial charge is 0.423 e. The second kappa shape index (κ2) is 7.11. The number of fused-ring (bicyclic) bond motifs is 1. The lowest BCUT2D eigenvalue weighted by molar-refractivity contribution is 0.0735. The molecule has 4 nitrogen and oxygen atoms in total. The molecule has 1 atom stereocenters. The Kier molecular flexibility index (Phi) is 4.91. The SMILES string of the molecule is Cc1cccc(OC(=O)c2c(C)n(C(C)CCO)c3ccccc23)c1. The first-order valence-corrected chi connectivity index (χ1v) is 8.52. The van der Waals surface area contributed by atoms with Crippen molar-refractivity contribution in [3.05, 3.63) is 65.4 Å². The second-order valence-electron chi connectivity index (χ2n) is 6.41. The Morgan fingerprint density at radius 2 is 1.92 bits per heavy atom. The molecule has 4 heteroatoms. The Morgan fingerprint density at radius 1 is 1.16 bits per heavy atom. The smallest absolute Gasteiger partial charge is 0.346 e. The standard InChI is InChI=1S/C21H23NO3/c1-14-7-6-8-17(13-14)25-21(24)20-16(3)22(15(2)11-12-23)19-10-5-4-9-18(19)20/h4-10,13,15,23H,11-12H2,1-3H3. The van der Waals surface area contributed by atoms with Crippen LogP contribution in [0.15, 0.2) is 48.5 Å². The van der Waals surface area contributed by atoms with Gasteiger partial charge in [0.1, 0.15) is 5.75 Å². The Bertz CT molecular complexity index is 911. The van der Waals surface area contributed by atoms with Gasteiger partial charge in [0.25, 0.3) is 0 Å². The first-order chi connectivity index (χ1) is 12.0. The van der Waals surface area contributed by atoms with Gasteiger partial charge in [-0.05, 0) is 51.0 Å². The number of nitrogens with zero attached hydrogens (tertiary/aromatic N) is 1. The van der Waals surface area contributed by atoms with Gasteiger partial charge in [0.05, 0.1) is 5.56 Å². The number of hydrogen-bond donors (Lipinski definition) is 1. The minimum atomic E-state index is -0.353. The van der Waals surface area contributed by atoms with Crippen molar-refractivity contribution >= 4 is 16.9 Å². The van der Waals surface area contributed by atoms with Crippen molar-refractivity contribution in [3.8, 4) is 5.75 Å². The first kappa shape index (κ1) is 17.2. The number of aliphatic hydroxyl groups excluding tert-OH is 1. The average molecular weight is 337 g/mol. The maximum Gasteiger partial charge on any atom is 0.346 e. The molecule has 1 heterocycles. The van der Waals surface area contributed by atoms with Crippen LogP contribution in [-0.4, -0.2) is 22.2 Å². The monoisotopic (exact) mass is 337 g/mol. The summed E-state index contributed by atoms with van der Waals surface area (Å²) >= 11 is 0. The zero-order chi connectivity index (χ0) is 18.0. The molecule has 130 valence electrons. The van der Waals surface area contributed by atoms with E-state index in [0.717, 1.165) is 22.2 Å². The highest BCUT2D eigenvalue weighted by atomic mass is 16.5. The summed E-state index contributed by atoms with van der Waals surface area (Å²) in [5.74, 6) is 0.193. The van der Waals surface area contributed by atoms with Crippen LogP contribution in [0.2, 0.25) is 0 Å². The van der Waals surface area contributed by atoms with Crippen LogP contribution in [0.1, 0.15) is 41.0 Å². The van der Waals surface area contributed by atoms with Crippen LogP contribution >= 0.6 is 0 Å². The molecule has 25 heavy (non-hydrogen) atoms. The summed E-state index contributed by atoms with van der Waals surface area (Å²) in [5.41, 5.74) is 3.47. The summed E-state index contributed by atoms with van der Waals surface area (Å²) in [7, 11) is 0. The minimum absolute atomic E-state index is 0.0930. The number of carbonyl (C=O) groups excluding carboxylic acids is 1. The number of aryl methyl sites for hydroxylation is 1. The van der Waals surface area contributed by atoms with E-state index in [1.54, 1.807) is 6.07 Å². The summed E-state index contributed by atoms with van der Waals surface area (Å²) in [5, 5.41) is 10.2. The number of benzene rings is 2. The number of aliphatic hydroxyl groups is 1. The van der Waals surface area contributed by atoms with E-state index in [4.69, 9.17) is 4.74 Å². The van der Waals surface area contributed by atoms with Gasteiger partial charge >= 0.3 is 5.97 Å². The van der Waals surface area contributed by atoms with E-state index in [1.165, 1.54) is 0 Å². The van der Waals surface area contributed by atoms with Crippen molar-refractivity contribution in [2.24, 2.45) is 0 Å². The van der Waals surface area contributed by atoms with E-state index in [2.05, 4.69) is 4.57 Å². The maximum absolute atomic E-state index is 12.9. The number of hydrogen-bond acceptors (Lipinski definition) is 3. The summed E-state index contributed by atoms with van der Waals surface area (Å²) in [4.78, 5) is 12.9. The fraction of sp³-hybridized carbons (Fsp3) is 0.286. The highest BCUT2D eigenvalue weighted by Gasteiger charge is 2.23. The topological polar surface area (TPSA) is 51.5 Å². The maximum atomic E-state index is 12.9. The number of carbonyl (C=O) groups is 1. The van der Waals surface area contributed by atoms with Gasteiger partial charge in [-0.15, -0.1) is 0 Å². The van der Waals surface area contributed by atoms with Crippen molar-refractivity contribution in [3.63, 3.8) is 0 Å². The molecule has 0 aliphatic rings. The number of ether oxygens (including phenoxy) is 1. The van der Waals surface area contributed by atoms with Crippen LogP contribution in [0.4, 0.5) is 0 Å². The molecule has 3 aromatic rings. The minimum Gasteiger partial charge on any atom is -0.423 e. The average Bonchev–Trinajstić information content (AvgIpc) is 2.87. The molecule has 0 saturated carbocycles. The highest BCUT2D eigenvalue weighted by Crippen LogP contribution is 2.31. The molecule has 3 rings (SSSR count). The summed E-state index contributed by atoms with van der Waals surface area (Å²) in [6, 6.07) is 15.4. The third-order valence-corrected chi connectivity index (χ3v) is 4.55. The molecule has 0 saturated heterocycles. The molecular weight excluding hydrogens is 314 g/mol. The molecule has 1 N–H and O–H groups in total. The van der Waals surface area contributed by atoms with E-state index in [-0.39, 0.29) is 18.6 Å². The molecule has 0 spiro atoms. The molecule has 0 fully saturated rings. The quantitative estimate of drug-likeness (QED) is 0.554. The number of aromatic nitrogens is 1. The molecule has 0 radical (unpaired) electrons. The summed E-state index contributed by atoms with van der Waals surface area (Å²) < 4.78 is 7.73. The Balaban J connectivity index is 2.06. The van der Waals surface area contributed by atoms with E-state index in [0.29, 0.717) is 17.7 Å². The van der Waals surface area contributed by atoms with Crippen LogP contribution < -0.4 is 4.74 Å². The molecule has 2 aromatic carbocycles. The van der Waals surface area contributed by atoms with E-state index in [9.17, 15) is 9.90 Å². The first-order valence-electron chi connectivity index (χ1n) is 8.52. The van der Waals surface area contributed by atoms with Crippen molar-refractivity contribution in [2.45, 2.75) is 33.2 Å². The van der Waals surface area contributed by atoms with E-state index < -0.39 is 0 Å². The van der Waals surface area contributed by atoms with Crippen molar-refractivity contribution in [1.29, 1.82) is 0 Å².